The van der Waals surface area contributed by atoms with Crippen LogP contribution in [0.3, 0.4) is 0 Å². The van der Waals surface area contributed by atoms with E-state index in [9.17, 15) is 17.6 Å². The van der Waals surface area contributed by atoms with Crippen molar-refractivity contribution in [2.45, 2.75) is 11.7 Å². The number of ether oxygens (including phenoxy) is 2. The lowest BCUT2D eigenvalue weighted by Crippen LogP contribution is -2.18. The van der Waals surface area contributed by atoms with Gasteiger partial charge in [-0.1, -0.05) is 28.1 Å². The van der Waals surface area contributed by atoms with Gasteiger partial charge in [0.05, 0.1) is 6.61 Å². The average Bonchev–Trinajstić information content (AvgIpc) is 2.24. The summed E-state index contributed by atoms with van der Waals surface area (Å²) in [5.41, 5.74) is 0.525. The van der Waals surface area contributed by atoms with E-state index in [0.29, 0.717) is 10.9 Å². The second-order valence-electron chi connectivity index (χ2n) is 3.00. The fourth-order valence-electron chi connectivity index (χ4n) is 1.12. The normalized spacial score (nSPS) is 11.6. The monoisotopic (exact) mass is 316 g/mol. The van der Waals surface area contributed by atoms with E-state index in [0.717, 1.165) is 0 Å². The fraction of sp³-hybridized carbons (Fsp3) is 0.400. The lowest BCUT2D eigenvalue weighted by molar-refractivity contribution is -0.325. The van der Waals surface area contributed by atoms with Gasteiger partial charge in [-0.25, -0.2) is 4.39 Å². The van der Waals surface area contributed by atoms with Crippen LogP contribution in [-0.4, -0.2) is 19.6 Å². The quantitative estimate of drug-likeness (QED) is 0.469. The van der Waals surface area contributed by atoms with E-state index in [1.165, 1.54) is 12.1 Å². The van der Waals surface area contributed by atoms with E-state index >= 15 is 0 Å². The van der Waals surface area contributed by atoms with Gasteiger partial charge in [0.25, 0.3) is 0 Å². The summed E-state index contributed by atoms with van der Waals surface area (Å²) < 4.78 is 56.7. The molecule has 0 aliphatic rings. The van der Waals surface area contributed by atoms with Crippen molar-refractivity contribution in [3.8, 4) is 5.75 Å². The second kappa shape index (κ2) is 6.20. The van der Waals surface area contributed by atoms with Crippen LogP contribution in [0.1, 0.15) is 5.56 Å². The Morgan fingerprint density at radius 2 is 1.88 bits per heavy atom. The summed E-state index contributed by atoms with van der Waals surface area (Å²) in [4.78, 5) is 0. The summed E-state index contributed by atoms with van der Waals surface area (Å²) in [5, 5.41) is 0.347. The predicted octanol–water partition coefficient (Wildman–Crippen LogP) is 3.64. The minimum absolute atomic E-state index is 0.0600. The predicted molar refractivity (Wildman–Crippen MR) is 56.5 cm³/mol. The van der Waals surface area contributed by atoms with E-state index in [1.54, 1.807) is 6.07 Å². The molecule has 1 aromatic rings. The minimum Gasteiger partial charge on any atom is -0.488 e. The Labute approximate surface area is 104 Å². The van der Waals surface area contributed by atoms with Gasteiger partial charge >= 0.3 is 6.36 Å². The van der Waals surface area contributed by atoms with E-state index in [1.807, 2.05) is 0 Å². The third-order valence-electron chi connectivity index (χ3n) is 1.79. The maximum atomic E-state index is 13.3. The zero-order valence-electron chi connectivity index (χ0n) is 8.56. The Morgan fingerprint density at radius 3 is 2.47 bits per heavy atom. The van der Waals surface area contributed by atoms with Crippen LogP contribution < -0.4 is 4.74 Å². The van der Waals surface area contributed by atoms with Gasteiger partial charge in [-0.2, -0.15) is 0 Å². The molecular formula is C10H9BrF4O2. The van der Waals surface area contributed by atoms with E-state index < -0.39 is 18.8 Å². The maximum Gasteiger partial charge on any atom is 0.522 e. The van der Waals surface area contributed by atoms with E-state index in [-0.39, 0.29) is 12.4 Å². The summed E-state index contributed by atoms with van der Waals surface area (Å²) in [6.07, 6.45) is -4.70. The highest BCUT2D eigenvalue weighted by molar-refractivity contribution is 9.08. The molecule has 0 bridgehead atoms. The van der Waals surface area contributed by atoms with Gasteiger partial charge in [0.2, 0.25) is 0 Å². The molecule has 96 valence electrons. The van der Waals surface area contributed by atoms with Crippen LogP contribution in [0.2, 0.25) is 0 Å². The van der Waals surface area contributed by atoms with Crippen LogP contribution in [0.25, 0.3) is 0 Å². The average molecular weight is 317 g/mol. The Bertz CT molecular complexity index is 368. The van der Waals surface area contributed by atoms with Gasteiger partial charge in [-0.3, -0.25) is 4.74 Å². The molecule has 0 heterocycles. The van der Waals surface area contributed by atoms with Crippen LogP contribution >= 0.6 is 15.9 Å². The molecule has 1 rings (SSSR count). The number of rotatable bonds is 5. The van der Waals surface area contributed by atoms with Gasteiger partial charge < -0.3 is 4.74 Å². The highest BCUT2D eigenvalue weighted by Crippen LogP contribution is 2.25. The molecule has 0 radical (unpaired) electrons. The standard InChI is InChI=1S/C10H9BrF4O2/c11-6-7-2-1-3-8(12)9(7)16-4-5-17-10(13,14)15/h1-3H,4-6H2. The SMILES string of the molecule is Fc1cccc(CBr)c1OCCOC(F)(F)F. The van der Waals surface area contributed by atoms with Crippen LogP contribution in [0, 0.1) is 5.82 Å². The smallest absolute Gasteiger partial charge is 0.488 e. The Hall–Kier alpha value is -0.820. The molecule has 0 aromatic heterocycles. The molecule has 0 aliphatic heterocycles. The van der Waals surface area contributed by atoms with Crippen LogP contribution in [0.4, 0.5) is 17.6 Å². The van der Waals surface area contributed by atoms with Crippen molar-refractivity contribution in [1.29, 1.82) is 0 Å². The van der Waals surface area contributed by atoms with E-state index in [2.05, 4.69) is 20.7 Å². The summed E-state index contributed by atoms with van der Waals surface area (Å²) in [6, 6.07) is 4.27. The third kappa shape index (κ3) is 4.91. The Morgan fingerprint density at radius 1 is 1.18 bits per heavy atom. The zero-order chi connectivity index (χ0) is 12.9. The van der Waals surface area contributed by atoms with Gasteiger partial charge in [-0.15, -0.1) is 13.2 Å². The van der Waals surface area contributed by atoms with Crippen LogP contribution in [0.5, 0.6) is 5.75 Å². The first-order valence-corrected chi connectivity index (χ1v) is 5.73. The van der Waals surface area contributed by atoms with Gasteiger partial charge in [-0.05, 0) is 6.07 Å². The lowest BCUT2D eigenvalue weighted by atomic mass is 10.2. The van der Waals surface area contributed by atoms with Crippen molar-refractivity contribution in [3.05, 3.63) is 29.6 Å². The number of alkyl halides is 4. The number of hydrogen-bond acceptors (Lipinski definition) is 2. The molecule has 0 aliphatic carbocycles. The summed E-state index contributed by atoms with van der Waals surface area (Å²) in [6.45, 7) is -1.06. The van der Waals surface area contributed by atoms with Crippen molar-refractivity contribution in [3.63, 3.8) is 0 Å². The van der Waals surface area contributed by atoms with Crippen molar-refractivity contribution < 1.29 is 27.0 Å². The highest BCUT2D eigenvalue weighted by Gasteiger charge is 2.28. The van der Waals surface area contributed by atoms with Crippen molar-refractivity contribution >= 4 is 15.9 Å². The number of benzene rings is 1. The van der Waals surface area contributed by atoms with Crippen molar-refractivity contribution in [2.75, 3.05) is 13.2 Å². The van der Waals surface area contributed by atoms with Crippen LogP contribution in [-0.2, 0) is 10.1 Å². The Kier molecular flexibility index (Phi) is 5.20. The number of hydrogen-bond donors (Lipinski definition) is 0. The molecule has 0 atom stereocenters. The van der Waals surface area contributed by atoms with Crippen molar-refractivity contribution in [2.24, 2.45) is 0 Å². The molecule has 17 heavy (non-hydrogen) atoms. The molecule has 0 saturated heterocycles. The minimum atomic E-state index is -4.70. The first-order chi connectivity index (χ1) is 7.94. The van der Waals surface area contributed by atoms with E-state index in [4.69, 9.17) is 4.74 Å². The summed E-state index contributed by atoms with van der Waals surface area (Å²) in [5.74, 6) is -0.677. The highest BCUT2D eigenvalue weighted by atomic mass is 79.9. The molecule has 0 N–H and O–H groups in total. The maximum absolute atomic E-state index is 13.3. The number of halogens is 5. The topological polar surface area (TPSA) is 18.5 Å². The fourth-order valence-corrected chi connectivity index (χ4v) is 1.56. The first kappa shape index (κ1) is 14.2. The van der Waals surface area contributed by atoms with Gasteiger partial charge in [0, 0.05) is 10.9 Å². The molecule has 0 unspecified atom stereocenters. The van der Waals surface area contributed by atoms with Crippen molar-refractivity contribution in [1.82, 2.24) is 0 Å². The molecule has 1 aromatic carbocycles. The molecule has 0 fully saturated rings. The van der Waals surface area contributed by atoms with Crippen LogP contribution in [0.15, 0.2) is 18.2 Å². The lowest BCUT2D eigenvalue weighted by Gasteiger charge is -2.12. The van der Waals surface area contributed by atoms with Gasteiger partial charge in [0.1, 0.15) is 6.61 Å². The molecule has 2 nitrogen and oxygen atoms in total. The zero-order valence-corrected chi connectivity index (χ0v) is 10.1. The number of para-hydroxylation sites is 1. The van der Waals surface area contributed by atoms with Gasteiger partial charge in [0.15, 0.2) is 11.6 Å². The molecule has 0 amide bonds. The molecule has 0 saturated carbocycles. The third-order valence-corrected chi connectivity index (χ3v) is 2.39. The Balaban J connectivity index is 2.52. The first-order valence-electron chi connectivity index (χ1n) is 4.61. The molecule has 0 spiro atoms. The summed E-state index contributed by atoms with van der Waals surface area (Å²) in [7, 11) is 0. The molecular weight excluding hydrogens is 308 g/mol. The molecule has 7 heteroatoms. The summed E-state index contributed by atoms with van der Waals surface area (Å²) >= 11 is 3.13. The largest absolute Gasteiger partial charge is 0.522 e. The second-order valence-corrected chi connectivity index (χ2v) is 3.57.